The Morgan fingerprint density at radius 3 is 2.55 bits per heavy atom. The van der Waals surface area contributed by atoms with Gasteiger partial charge in [-0.25, -0.2) is 8.93 Å². The lowest BCUT2D eigenvalue weighted by Gasteiger charge is -2.51. The first-order valence-corrected chi connectivity index (χ1v) is 12.4. The van der Waals surface area contributed by atoms with Crippen molar-refractivity contribution in [2.45, 2.75) is 76.2 Å². The lowest BCUT2D eigenvalue weighted by atomic mass is 9.61. The van der Waals surface area contributed by atoms with Crippen molar-refractivity contribution in [3.8, 4) is 0 Å². The SMILES string of the molecule is C=C(OCC)[C@]1(N[S@@](=O)C(C)(C)C)c2cc(Br)ccc2CC12CCC(OC)CC2. The van der Waals surface area contributed by atoms with E-state index in [-0.39, 0.29) is 11.5 Å². The van der Waals surface area contributed by atoms with E-state index in [4.69, 9.17) is 9.47 Å². The minimum absolute atomic E-state index is 0.141. The van der Waals surface area contributed by atoms with Crippen LogP contribution in [0.2, 0.25) is 0 Å². The molecule has 0 aliphatic heterocycles. The van der Waals surface area contributed by atoms with E-state index in [9.17, 15) is 4.21 Å². The normalized spacial score (nSPS) is 30.2. The predicted molar refractivity (Wildman–Crippen MR) is 123 cm³/mol. The zero-order chi connectivity index (χ0) is 21.4. The molecule has 1 fully saturated rings. The number of benzene rings is 1. The van der Waals surface area contributed by atoms with Gasteiger partial charge in [0.25, 0.3) is 0 Å². The monoisotopic (exact) mass is 483 g/mol. The lowest BCUT2D eigenvalue weighted by molar-refractivity contribution is -0.0152. The first-order chi connectivity index (χ1) is 13.6. The molecule has 2 aliphatic rings. The summed E-state index contributed by atoms with van der Waals surface area (Å²) in [6, 6.07) is 6.43. The van der Waals surface area contributed by atoms with E-state index < -0.39 is 21.3 Å². The highest BCUT2D eigenvalue weighted by Crippen LogP contribution is 2.61. The fourth-order valence-electron chi connectivity index (χ4n) is 5.01. The van der Waals surface area contributed by atoms with Crippen LogP contribution in [-0.2, 0) is 32.4 Å². The predicted octanol–water partition coefficient (Wildman–Crippen LogP) is 5.38. The van der Waals surface area contributed by atoms with Gasteiger partial charge in [-0.2, -0.15) is 0 Å². The maximum atomic E-state index is 13.4. The highest BCUT2D eigenvalue weighted by Gasteiger charge is 2.62. The number of fused-ring (bicyclic) bond motifs is 1. The van der Waals surface area contributed by atoms with Crippen LogP contribution in [0.5, 0.6) is 0 Å². The fraction of sp³-hybridized carbons (Fsp3) is 0.652. The maximum Gasteiger partial charge on any atom is 0.118 e. The summed E-state index contributed by atoms with van der Waals surface area (Å²) < 4.78 is 29.4. The minimum Gasteiger partial charge on any atom is -0.496 e. The van der Waals surface area contributed by atoms with Crippen molar-refractivity contribution in [3.63, 3.8) is 0 Å². The van der Waals surface area contributed by atoms with Crippen molar-refractivity contribution in [2.75, 3.05) is 13.7 Å². The molecular weight excluding hydrogens is 450 g/mol. The van der Waals surface area contributed by atoms with E-state index in [0.717, 1.165) is 42.1 Å². The highest BCUT2D eigenvalue weighted by molar-refractivity contribution is 9.10. The first kappa shape index (κ1) is 23.0. The Hall–Kier alpha value is -0.690. The molecule has 0 aromatic heterocycles. The van der Waals surface area contributed by atoms with E-state index in [1.807, 2.05) is 27.7 Å². The van der Waals surface area contributed by atoms with E-state index in [1.165, 1.54) is 5.56 Å². The molecule has 162 valence electrons. The molecule has 0 unspecified atom stereocenters. The van der Waals surface area contributed by atoms with Gasteiger partial charge in [0.15, 0.2) is 0 Å². The molecule has 1 saturated carbocycles. The van der Waals surface area contributed by atoms with Gasteiger partial charge in [-0.15, -0.1) is 0 Å². The maximum absolute atomic E-state index is 13.4. The number of ether oxygens (including phenoxy) is 2. The minimum atomic E-state index is -1.28. The van der Waals surface area contributed by atoms with Crippen LogP contribution in [-0.4, -0.2) is 28.8 Å². The second-order valence-electron chi connectivity index (χ2n) is 9.28. The largest absolute Gasteiger partial charge is 0.496 e. The summed E-state index contributed by atoms with van der Waals surface area (Å²) in [7, 11) is 0.514. The molecule has 0 saturated heterocycles. The molecule has 0 bridgehead atoms. The molecule has 1 N–H and O–H groups in total. The Morgan fingerprint density at radius 2 is 2.00 bits per heavy atom. The van der Waals surface area contributed by atoms with Crippen molar-refractivity contribution in [1.29, 1.82) is 0 Å². The summed E-state index contributed by atoms with van der Waals surface area (Å²) in [6.07, 6.45) is 5.11. The van der Waals surface area contributed by atoms with Crippen LogP contribution < -0.4 is 4.72 Å². The van der Waals surface area contributed by atoms with Crippen LogP contribution >= 0.6 is 15.9 Å². The van der Waals surface area contributed by atoms with Gasteiger partial charge in [0, 0.05) is 17.0 Å². The summed E-state index contributed by atoms with van der Waals surface area (Å²) in [6.45, 7) is 12.9. The van der Waals surface area contributed by atoms with Gasteiger partial charge in [0.1, 0.15) is 11.3 Å². The van der Waals surface area contributed by atoms with E-state index in [2.05, 4.69) is 45.4 Å². The summed E-state index contributed by atoms with van der Waals surface area (Å²) in [5, 5.41) is 0. The quantitative estimate of drug-likeness (QED) is 0.552. The Labute approximate surface area is 186 Å². The number of halogens is 1. The van der Waals surface area contributed by atoms with Crippen molar-refractivity contribution >= 4 is 26.9 Å². The number of methoxy groups -OCH3 is 1. The molecule has 2 atom stereocenters. The van der Waals surface area contributed by atoms with Gasteiger partial charge in [0.2, 0.25) is 0 Å². The van der Waals surface area contributed by atoms with Crippen LogP contribution in [0.4, 0.5) is 0 Å². The molecule has 29 heavy (non-hydrogen) atoms. The topological polar surface area (TPSA) is 47.6 Å². The molecular formula is C23H34BrNO3S. The van der Waals surface area contributed by atoms with E-state index >= 15 is 0 Å². The summed E-state index contributed by atoms with van der Waals surface area (Å²) >= 11 is 3.65. The zero-order valence-corrected chi connectivity index (χ0v) is 20.7. The summed E-state index contributed by atoms with van der Waals surface area (Å²) in [5.74, 6) is 0.672. The number of rotatable bonds is 6. The number of nitrogens with one attached hydrogen (secondary N) is 1. The molecule has 2 aliphatic carbocycles. The van der Waals surface area contributed by atoms with Gasteiger partial charge in [-0.1, -0.05) is 28.6 Å². The van der Waals surface area contributed by atoms with E-state index in [1.54, 1.807) is 7.11 Å². The van der Waals surface area contributed by atoms with E-state index in [0.29, 0.717) is 12.4 Å². The second kappa shape index (κ2) is 8.45. The van der Waals surface area contributed by atoms with Crippen molar-refractivity contribution in [1.82, 2.24) is 4.72 Å². The second-order valence-corrected chi connectivity index (χ2v) is 12.2. The van der Waals surface area contributed by atoms with Crippen LogP contribution in [0.25, 0.3) is 0 Å². The first-order valence-electron chi connectivity index (χ1n) is 10.4. The van der Waals surface area contributed by atoms with Gasteiger partial charge >= 0.3 is 0 Å². The molecule has 0 radical (unpaired) electrons. The Kier molecular flexibility index (Phi) is 6.69. The van der Waals surface area contributed by atoms with Gasteiger partial charge in [-0.3, -0.25) is 0 Å². The summed E-state index contributed by atoms with van der Waals surface area (Å²) in [5.41, 5.74) is 1.58. The van der Waals surface area contributed by atoms with Crippen LogP contribution in [0.3, 0.4) is 0 Å². The number of hydrogen-bond donors (Lipinski definition) is 1. The Bertz CT molecular complexity index is 796. The zero-order valence-electron chi connectivity index (χ0n) is 18.3. The molecule has 1 aromatic rings. The third-order valence-corrected chi connectivity index (χ3v) is 8.66. The average Bonchev–Trinajstić information content (AvgIpc) is 2.92. The molecule has 0 amide bonds. The van der Waals surface area contributed by atoms with Crippen molar-refractivity contribution < 1.29 is 13.7 Å². The Morgan fingerprint density at radius 1 is 1.34 bits per heavy atom. The third kappa shape index (κ3) is 3.98. The molecule has 1 spiro atoms. The summed E-state index contributed by atoms with van der Waals surface area (Å²) in [4.78, 5) is 0. The highest BCUT2D eigenvalue weighted by atomic mass is 79.9. The van der Waals surface area contributed by atoms with Crippen LogP contribution in [0, 0.1) is 5.41 Å². The molecule has 0 heterocycles. The van der Waals surface area contributed by atoms with Gasteiger partial charge in [-0.05, 0) is 83.1 Å². The molecule has 1 aromatic carbocycles. The van der Waals surface area contributed by atoms with Gasteiger partial charge in [0.05, 0.1) is 28.4 Å². The standard InChI is InChI=1S/C23H34BrNO3S/c1-7-28-16(2)23(25-29(26)21(3,4)5)20-14-18(24)9-8-17(20)15-22(23)12-10-19(27-6)11-13-22/h8-9,14,19,25H,2,7,10-13,15H2,1,3-6H3/t19?,22?,23-,29-/m0/s1. The molecule has 6 heteroatoms. The number of hydrogen-bond acceptors (Lipinski definition) is 3. The smallest absolute Gasteiger partial charge is 0.118 e. The fourth-order valence-corrected chi connectivity index (χ4v) is 6.39. The Balaban J connectivity index is 2.19. The van der Waals surface area contributed by atoms with Crippen molar-refractivity contribution in [2.24, 2.45) is 5.41 Å². The third-order valence-electron chi connectivity index (χ3n) is 6.56. The van der Waals surface area contributed by atoms with Crippen LogP contribution in [0.15, 0.2) is 35.0 Å². The average molecular weight is 485 g/mol. The molecule has 4 nitrogen and oxygen atoms in total. The lowest BCUT2D eigenvalue weighted by Crippen LogP contribution is -2.59. The van der Waals surface area contributed by atoms with Crippen LogP contribution in [0.1, 0.15) is 64.5 Å². The molecule has 3 rings (SSSR count). The van der Waals surface area contributed by atoms with Crippen molar-refractivity contribution in [3.05, 3.63) is 46.1 Å². The van der Waals surface area contributed by atoms with Gasteiger partial charge < -0.3 is 9.47 Å².